The third-order valence-electron chi connectivity index (χ3n) is 6.57. The van der Waals surface area contributed by atoms with Crippen LogP contribution in [0.5, 0.6) is 5.75 Å². The molecule has 3 aromatic carbocycles. The first kappa shape index (κ1) is 25.8. The van der Waals surface area contributed by atoms with Crippen LogP contribution >= 0.6 is 0 Å². The average Bonchev–Trinajstić information content (AvgIpc) is 2.91. The maximum absolute atomic E-state index is 13.6. The second-order valence-electron chi connectivity index (χ2n) is 9.02. The summed E-state index contributed by atoms with van der Waals surface area (Å²) in [5.74, 6) is 0.245. The highest BCUT2D eigenvalue weighted by Crippen LogP contribution is 2.27. The van der Waals surface area contributed by atoms with Crippen LogP contribution in [-0.2, 0) is 27.7 Å². The molecular formula is C29H34N2O4S. The van der Waals surface area contributed by atoms with Crippen molar-refractivity contribution in [3.63, 3.8) is 0 Å². The summed E-state index contributed by atoms with van der Waals surface area (Å²) in [6, 6.07) is 21.3. The van der Waals surface area contributed by atoms with Gasteiger partial charge in [-0.1, -0.05) is 43.3 Å². The number of ether oxygens (including phenoxy) is 1. The highest BCUT2D eigenvalue weighted by Gasteiger charge is 2.28. The fourth-order valence-corrected chi connectivity index (χ4v) is 6.09. The number of nitrogens with zero attached hydrogens (tertiary/aromatic N) is 1. The lowest BCUT2D eigenvalue weighted by Gasteiger charge is -2.26. The van der Waals surface area contributed by atoms with Crippen molar-refractivity contribution in [2.75, 3.05) is 17.5 Å². The number of hydrogen-bond donors (Lipinski definition) is 1. The van der Waals surface area contributed by atoms with Crippen molar-refractivity contribution in [1.82, 2.24) is 5.32 Å². The molecule has 0 fully saturated rings. The molecule has 1 amide bonds. The number of aryl methyl sites for hydroxylation is 2. The largest absolute Gasteiger partial charge is 0.494 e. The molecule has 0 saturated heterocycles. The Bertz CT molecular complexity index is 1270. The normalized spacial score (nSPS) is 13.9. The molecule has 7 heteroatoms. The number of anilines is 1. The van der Waals surface area contributed by atoms with Crippen LogP contribution in [0.1, 0.15) is 55.8 Å². The van der Waals surface area contributed by atoms with Gasteiger partial charge in [-0.25, -0.2) is 8.42 Å². The molecule has 0 heterocycles. The smallest absolute Gasteiger partial charge is 0.264 e. The molecule has 0 saturated carbocycles. The van der Waals surface area contributed by atoms with Crippen LogP contribution in [0.2, 0.25) is 0 Å². The fraction of sp³-hybridized carbons (Fsp3) is 0.345. The van der Waals surface area contributed by atoms with E-state index in [0.29, 0.717) is 24.5 Å². The topological polar surface area (TPSA) is 75.7 Å². The van der Waals surface area contributed by atoms with Gasteiger partial charge in [0.2, 0.25) is 5.91 Å². The number of amides is 1. The molecule has 0 aliphatic heterocycles. The van der Waals surface area contributed by atoms with Gasteiger partial charge in [0, 0.05) is 0 Å². The molecule has 6 nitrogen and oxygen atoms in total. The third kappa shape index (κ3) is 5.90. The van der Waals surface area contributed by atoms with Crippen molar-refractivity contribution in [3.05, 3.63) is 89.5 Å². The minimum Gasteiger partial charge on any atom is -0.494 e. The number of rotatable bonds is 10. The van der Waals surface area contributed by atoms with Crippen molar-refractivity contribution in [3.8, 4) is 5.75 Å². The molecule has 1 atom stereocenters. The molecule has 0 bridgehead atoms. The maximum atomic E-state index is 13.6. The van der Waals surface area contributed by atoms with Gasteiger partial charge in [0.15, 0.2) is 0 Å². The van der Waals surface area contributed by atoms with Gasteiger partial charge < -0.3 is 10.1 Å². The molecule has 1 aliphatic carbocycles. The van der Waals surface area contributed by atoms with Gasteiger partial charge in [-0.3, -0.25) is 9.10 Å². The zero-order valence-corrected chi connectivity index (χ0v) is 21.8. The minimum atomic E-state index is -3.98. The molecular weight excluding hydrogens is 472 g/mol. The molecule has 0 radical (unpaired) electrons. The van der Waals surface area contributed by atoms with Gasteiger partial charge in [-0.15, -0.1) is 0 Å². The van der Waals surface area contributed by atoms with Crippen molar-refractivity contribution in [2.45, 2.75) is 56.9 Å². The standard InChI is InChI=1S/C29H34N2O4S/c1-3-28(24-15-14-22-10-8-9-11-23(22)20-24)30-29(32)21-31(25-12-6-5-7-13-25)36(33,34)27-18-16-26(17-19-27)35-4-2/h5-7,12-20,28H,3-4,8-11,21H2,1-2H3,(H,30,32)/t28-/m1/s1. The Balaban J connectivity index is 1.56. The Morgan fingerprint density at radius 2 is 1.64 bits per heavy atom. The summed E-state index contributed by atoms with van der Waals surface area (Å²) in [6.45, 7) is 4.07. The quantitative estimate of drug-likeness (QED) is 0.398. The third-order valence-corrected chi connectivity index (χ3v) is 8.36. The van der Waals surface area contributed by atoms with Gasteiger partial charge in [0.25, 0.3) is 10.0 Å². The SMILES string of the molecule is CCOc1ccc(S(=O)(=O)N(CC(=O)N[C@H](CC)c2ccc3c(c2)CCCC3)c2ccccc2)cc1. The highest BCUT2D eigenvalue weighted by molar-refractivity contribution is 7.92. The van der Waals surface area contributed by atoms with Crippen molar-refractivity contribution in [2.24, 2.45) is 0 Å². The zero-order valence-electron chi connectivity index (χ0n) is 20.9. The number of benzene rings is 3. The van der Waals surface area contributed by atoms with E-state index in [4.69, 9.17) is 4.74 Å². The molecule has 36 heavy (non-hydrogen) atoms. The summed E-state index contributed by atoms with van der Waals surface area (Å²) in [5.41, 5.74) is 4.24. The molecule has 1 aliphatic rings. The lowest BCUT2D eigenvalue weighted by Crippen LogP contribution is -2.42. The summed E-state index contributed by atoms with van der Waals surface area (Å²) in [6.07, 6.45) is 5.29. The first-order valence-corrected chi connectivity index (χ1v) is 14.1. The monoisotopic (exact) mass is 506 g/mol. The van der Waals surface area contributed by atoms with E-state index in [0.717, 1.165) is 22.7 Å². The first-order valence-electron chi connectivity index (χ1n) is 12.6. The number of fused-ring (bicyclic) bond motifs is 1. The Kier molecular flexibility index (Phi) is 8.31. The number of hydrogen-bond acceptors (Lipinski definition) is 4. The molecule has 3 aromatic rings. The molecule has 190 valence electrons. The van der Waals surface area contributed by atoms with E-state index >= 15 is 0 Å². The van der Waals surface area contributed by atoms with Crippen LogP contribution in [0.15, 0.2) is 77.7 Å². The van der Waals surface area contributed by atoms with Crippen molar-refractivity contribution < 1.29 is 17.9 Å². The summed E-state index contributed by atoms with van der Waals surface area (Å²) in [5, 5.41) is 3.07. The maximum Gasteiger partial charge on any atom is 0.264 e. The molecule has 0 unspecified atom stereocenters. The predicted octanol–water partition coefficient (Wildman–Crippen LogP) is 5.43. The van der Waals surface area contributed by atoms with Gasteiger partial charge in [0.05, 0.1) is 23.2 Å². The zero-order chi connectivity index (χ0) is 25.5. The summed E-state index contributed by atoms with van der Waals surface area (Å²) >= 11 is 0. The van der Waals surface area contributed by atoms with Crippen LogP contribution in [0.25, 0.3) is 0 Å². The summed E-state index contributed by atoms with van der Waals surface area (Å²) in [7, 11) is -3.98. The summed E-state index contributed by atoms with van der Waals surface area (Å²) in [4.78, 5) is 13.3. The molecule has 0 aromatic heterocycles. The Labute approximate surface area is 214 Å². The number of sulfonamides is 1. The van der Waals surface area contributed by atoms with Crippen LogP contribution in [0.4, 0.5) is 5.69 Å². The molecule has 0 spiro atoms. The van der Waals surface area contributed by atoms with Gasteiger partial charge in [-0.05, 0) is 92.1 Å². The summed E-state index contributed by atoms with van der Waals surface area (Å²) < 4.78 is 33.9. The first-order chi connectivity index (χ1) is 17.4. The Hall–Kier alpha value is -3.32. The average molecular weight is 507 g/mol. The van der Waals surface area contributed by atoms with E-state index in [-0.39, 0.29) is 23.4 Å². The van der Waals surface area contributed by atoms with Gasteiger partial charge in [-0.2, -0.15) is 0 Å². The minimum absolute atomic E-state index is 0.101. The van der Waals surface area contributed by atoms with Crippen LogP contribution in [0.3, 0.4) is 0 Å². The van der Waals surface area contributed by atoms with E-state index in [1.54, 1.807) is 36.4 Å². The van der Waals surface area contributed by atoms with Gasteiger partial charge >= 0.3 is 0 Å². The van der Waals surface area contributed by atoms with Crippen molar-refractivity contribution in [1.29, 1.82) is 0 Å². The Morgan fingerprint density at radius 1 is 0.944 bits per heavy atom. The fourth-order valence-electron chi connectivity index (χ4n) is 4.67. The van der Waals surface area contributed by atoms with E-state index < -0.39 is 10.0 Å². The number of para-hydroxylation sites is 1. The van der Waals surface area contributed by atoms with E-state index in [9.17, 15) is 13.2 Å². The van der Waals surface area contributed by atoms with Crippen LogP contribution in [0, 0.1) is 0 Å². The molecule has 1 N–H and O–H groups in total. The lowest BCUT2D eigenvalue weighted by atomic mass is 9.89. The predicted molar refractivity (Wildman–Crippen MR) is 143 cm³/mol. The number of carbonyl (C=O) groups is 1. The van der Waals surface area contributed by atoms with E-state index in [1.165, 1.54) is 36.1 Å². The van der Waals surface area contributed by atoms with Crippen LogP contribution < -0.4 is 14.4 Å². The number of nitrogens with one attached hydrogen (secondary N) is 1. The van der Waals surface area contributed by atoms with Crippen molar-refractivity contribution >= 4 is 21.6 Å². The Morgan fingerprint density at radius 3 is 2.31 bits per heavy atom. The second-order valence-corrected chi connectivity index (χ2v) is 10.9. The molecule has 4 rings (SSSR count). The second kappa shape index (κ2) is 11.6. The lowest BCUT2D eigenvalue weighted by molar-refractivity contribution is -0.120. The van der Waals surface area contributed by atoms with Crippen LogP contribution in [-0.4, -0.2) is 27.5 Å². The number of carbonyl (C=O) groups excluding carboxylic acids is 1. The van der Waals surface area contributed by atoms with E-state index in [1.807, 2.05) is 19.9 Å². The van der Waals surface area contributed by atoms with Gasteiger partial charge in [0.1, 0.15) is 12.3 Å². The van der Waals surface area contributed by atoms with E-state index in [2.05, 4.69) is 23.5 Å². The highest BCUT2D eigenvalue weighted by atomic mass is 32.2.